The number of nitrogens with one attached hydrogen (secondary N) is 1. The molecule has 2 aliphatic carbocycles. The molecule has 0 aromatic heterocycles. The van der Waals surface area contributed by atoms with Crippen LogP contribution in [0.25, 0.3) is 0 Å². The zero-order chi connectivity index (χ0) is 18.9. The molecule has 4 nitrogen and oxygen atoms in total. The third-order valence-electron chi connectivity index (χ3n) is 7.12. The fourth-order valence-corrected chi connectivity index (χ4v) is 6.27. The molecule has 0 amide bonds. The van der Waals surface area contributed by atoms with Gasteiger partial charge in [-0.3, -0.25) is 0 Å². The van der Waals surface area contributed by atoms with E-state index in [4.69, 9.17) is 17.0 Å². The lowest BCUT2D eigenvalue weighted by molar-refractivity contribution is -0.181. The van der Waals surface area contributed by atoms with Crippen molar-refractivity contribution in [2.24, 2.45) is 5.92 Å². The molecule has 1 saturated heterocycles. The molecule has 5 heteroatoms. The SMILES string of the molecule is COc1ccccc1CCN1C(=S)NC2(CCCCC2)[C@@H]2CCCC[C@@]21O. The van der Waals surface area contributed by atoms with Crippen molar-refractivity contribution in [2.75, 3.05) is 13.7 Å². The highest BCUT2D eigenvalue weighted by molar-refractivity contribution is 7.80. The van der Waals surface area contributed by atoms with Gasteiger partial charge in [-0.2, -0.15) is 0 Å². The van der Waals surface area contributed by atoms with Crippen LogP contribution in [-0.2, 0) is 6.42 Å². The van der Waals surface area contributed by atoms with Crippen LogP contribution in [0.5, 0.6) is 5.75 Å². The zero-order valence-corrected chi connectivity index (χ0v) is 17.2. The van der Waals surface area contributed by atoms with Crippen molar-refractivity contribution in [3.63, 3.8) is 0 Å². The summed E-state index contributed by atoms with van der Waals surface area (Å²) in [4.78, 5) is 2.10. The minimum Gasteiger partial charge on any atom is -0.496 e. The van der Waals surface area contributed by atoms with Crippen LogP contribution in [0.1, 0.15) is 63.4 Å². The maximum Gasteiger partial charge on any atom is 0.171 e. The minimum atomic E-state index is -0.806. The summed E-state index contributed by atoms with van der Waals surface area (Å²) in [5, 5.41) is 16.4. The molecule has 3 aliphatic rings. The molecule has 27 heavy (non-hydrogen) atoms. The van der Waals surface area contributed by atoms with Gasteiger partial charge in [-0.05, 0) is 62.4 Å². The van der Waals surface area contributed by atoms with Crippen LogP contribution in [0.3, 0.4) is 0 Å². The van der Waals surface area contributed by atoms with Crippen molar-refractivity contribution in [3.05, 3.63) is 29.8 Å². The van der Waals surface area contributed by atoms with Gasteiger partial charge in [0, 0.05) is 18.0 Å². The molecular weight excluding hydrogens is 356 g/mol. The molecule has 1 aromatic rings. The Labute approximate surface area is 168 Å². The number of aliphatic hydroxyl groups is 1. The predicted molar refractivity (Wildman–Crippen MR) is 112 cm³/mol. The molecule has 0 radical (unpaired) electrons. The number of nitrogens with zero attached hydrogens (tertiary/aromatic N) is 1. The second-order valence-corrected chi connectivity index (χ2v) is 8.92. The molecule has 1 aromatic carbocycles. The topological polar surface area (TPSA) is 44.7 Å². The van der Waals surface area contributed by atoms with Gasteiger partial charge in [0.1, 0.15) is 11.5 Å². The number of hydrogen-bond acceptors (Lipinski definition) is 3. The Bertz CT molecular complexity index is 689. The van der Waals surface area contributed by atoms with Crippen molar-refractivity contribution in [2.45, 2.75) is 75.5 Å². The Morgan fingerprint density at radius 1 is 1.15 bits per heavy atom. The van der Waals surface area contributed by atoms with E-state index in [9.17, 15) is 5.11 Å². The van der Waals surface area contributed by atoms with Gasteiger partial charge in [0.15, 0.2) is 5.11 Å². The van der Waals surface area contributed by atoms with E-state index >= 15 is 0 Å². The fraction of sp³-hybridized carbons (Fsp3) is 0.682. The number of thiocarbonyl (C=S) groups is 1. The van der Waals surface area contributed by atoms with Gasteiger partial charge >= 0.3 is 0 Å². The molecular formula is C22H32N2O2S. The third-order valence-corrected chi connectivity index (χ3v) is 7.45. The molecule has 2 atom stereocenters. The Hall–Kier alpha value is -1.33. The number of hydrogen-bond donors (Lipinski definition) is 2. The van der Waals surface area contributed by atoms with Crippen molar-refractivity contribution in [1.82, 2.24) is 10.2 Å². The molecule has 1 aliphatic heterocycles. The minimum absolute atomic E-state index is 0.00540. The summed E-state index contributed by atoms with van der Waals surface area (Å²) in [5.41, 5.74) is 0.363. The van der Waals surface area contributed by atoms with Crippen molar-refractivity contribution in [1.29, 1.82) is 0 Å². The predicted octanol–water partition coefficient (Wildman–Crippen LogP) is 4.01. The number of rotatable bonds is 4. The van der Waals surface area contributed by atoms with Crippen molar-refractivity contribution >= 4 is 17.3 Å². The number of methoxy groups -OCH3 is 1. The van der Waals surface area contributed by atoms with E-state index in [0.717, 1.165) is 61.5 Å². The first-order valence-electron chi connectivity index (χ1n) is 10.5. The van der Waals surface area contributed by atoms with Gasteiger partial charge in [-0.15, -0.1) is 0 Å². The zero-order valence-electron chi connectivity index (χ0n) is 16.4. The lowest BCUT2D eigenvalue weighted by atomic mass is 9.62. The molecule has 1 spiro atoms. The normalized spacial score (nSPS) is 29.9. The summed E-state index contributed by atoms with van der Waals surface area (Å²) in [7, 11) is 1.71. The smallest absolute Gasteiger partial charge is 0.171 e. The van der Waals surface area contributed by atoms with E-state index in [1.807, 2.05) is 18.2 Å². The van der Waals surface area contributed by atoms with Crippen LogP contribution in [-0.4, -0.2) is 40.0 Å². The van der Waals surface area contributed by atoms with E-state index in [1.54, 1.807) is 7.11 Å². The molecule has 1 heterocycles. The molecule has 148 valence electrons. The Morgan fingerprint density at radius 2 is 1.89 bits per heavy atom. The standard InChI is InChI=1S/C22H32N2O2S/c1-26-18-10-4-3-9-17(18)12-16-24-20(27)23-21(13-6-2-7-14-21)19-11-5-8-15-22(19,24)25/h3-4,9-10,19,25H,2,5-8,11-16H2,1H3,(H,23,27)/t19-,22+/m0/s1. The molecule has 4 rings (SSSR count). The summed E-state index contributed by atoms with van der Waals surface area (Å²) < 4.78 is 5.50. The molecule has 3 fully saturated rings. The number of para-hydroxylation sites is 1. The summed E-state index contributed by atoms with van der Waals surface area (Å²) in [6.45, 7) is 0.718. The largest absolute Gasteiger partial charge is 0.496 e. The Balaban J connectivity index is 1.58. The molecule has 0 unspecified atom stereocenters. The Morgan fingerprint density at radius 3 is 2.67 bits per heavy atom. The van der Waals surface area contributed by atoms with Crippen LogP contribution in [0.2, 0.25) is 0 Å². The van der Waals surface area contributed by atoms with E-state index in [2.05, 4.69) is 16.3 Å². The summed E-state index contributed by atoms with van der Waals surface area (Å²) in [6, 6.07) is 8.13. The highest BCUT2D eigenvalue weighted by Gasteiger charge is 2.58. The average molecular weight is 389 g/mol. The first kappa shape index (κ1) is 19.0. The van der Waals surface area contributed by atoms with Gasteiger partial charge < -0.3 is 20.1 Å². The highest BCUT2D eigenvalue weighted by Crippen LogP contribution is 2.50. The molecule has 2 N–H and O–H groups in total. The van der Waals surface area contributed by atoms with Crippen LogP contribution in [0.15, 0.2) is 24.3 Å². The lowest BCUT2D eigenvalue weighted by Crippen LogP contribution is -2.75. The van der Waals surface area contributed by atoms with Crippen LogP contribution in [0.4, 0.5) is 0 Å². The first-order chi connectivity index (χ1) is 13.1. The third kappa shape index (κ3) is 3.33. The van der Waals surface area contributed by atoms with Crippen LogP contribution < -0.4 is 10.1 Å². The van der Waals surface area contributed by atoms with Gasteiger partial charge in [0.25, 0.3) is 0 Å². The van der Waals surface area contributed by atoms with Crippen LogP contribution >= 0.6 is 12.2 Å². The summed E-state index contributed by atoms with van der Waals surface area (Å²) in [5.74, 6) is 1.17. The first-order valence-corrected chi connectivity index (χ1v) is 10.9. The second-order valence-electron chi connectivity index (χ2n) is 8.54. The van der Waals surface area contributed by atoms with E-state index in [-0.39, 0.29) is 11.5 Å². The lowest BCUT2D eigenvalue weighted by Gasteiger charge is -2.61. The maximum absolute atomic E-state index is 11.9. The summed E-state index contributed by atoms with van der Waals surface area (Å²) in [6.07, 6.45) is 11.1. The molecule has 2 saturated carbocycles. The highest BCUT2D eigenvalue weighted by atomic mass is 32.1. The van der Waals surface area contributed by atoms with Crippen molar-refractivity contribution in [3.8, 4) is 5.75 Å². The van der Waals surface area contributed by atoms with Gasteiger partial charge in [-0.25, -0.2) is 0 Å². The van der Waals surface area contributed by atoms with Gasteiger partial charge in [0.2, 0.25) is 0 Å². The maximum atomic E-state index is 11.9. The van der Waals surface area contributed by atoms with Gasteiger partial charge in [-0.1, -0.05) is 43.9 Å². The molecule has 0 bridgehead atoms. The number of fused-ring (bicyclic) bond motifs is 2. The van der Waals surface area contributed by atoms with Gasteiger partial charge in [0.05, 0.1) is 7.11 Å². The number of ether oxygens (including phenoxy) is 1. The fourth-order valence-electron chi connectivity index (χ4n) is 5.82. The monoisotopic (exact) mass is 388 g/mol. The quantitative estimate of drug-likeness (QED) is 0.763. The van der Waals surface area contributed by atoms with Crippen molar-refractivity contribution < 1.29 is 9.84 Å². The van der Waals surface area contributed by atoms with E-state index < -0.39 is 5.72 Å². The average Bonchev–Trinajstić information content (AvgIpc) is 2.68. The van der Waals surface area contributed by atoms with E-state index in [0.29, 0.717) is 0 Å². The number of benzene rings is 1. The second kappa shape index (κ2) is 7.59. The van der Waals surface area contributed by atoms with E-state index in [1.165, 1.54) is 25.7 Å². The summed E-state index contributed by atoms with van der Waals surface area (Å²) >= 11 is 5.82. The van der Waals surface area contributed by atoms with Crippen LogP contribution in [0, 0.1) is 5.92 Å². The Kier molecular flexibility index (Phi) is 5.34.